The molecule has 28 heavy (non-hydrogen) atoms. The molecule has 0 saturated carbocycles. The van der Waals surface area contributed by atoms with Crippen LogP contribution in [0.5, 0.6) is 0 Å². The maximum Gasteiger partial charge on any atom is 0.311 e. The van der Waals surface area contributed by atoms with E-state index < -0.39 is 18.0 Å². The molecular weight excluding hydrogens is 364 g/mol. The number of imidazole rings is 1. The molecular formula is C18H16N6O4. The molecule has 4 rings (SSSR count). The SMILES string of the molecule is CC(OC(=O)Cc1ccc2c(c1)NC(=O)C2)C(=O)Nc1ncnc2nc[nH]c12. The second kappa shape index (κ2) is 7.06. The molecule has 1 aliphatic heterocycles. The fraction of sp³-hybridized carbons (Fsp3) is 0.222. The quantitative estimate of drug-likeness (QED) is 0.560. The molecule has 1 aliphatic rings. The van der Waals surface area contributed by atoms with Gasteiger partial charge in [-0.25, -0.2) is 15.0 Å². The zero-order valence-electron chi connectivity index (χ0n) is 14.9. The van der Waals surface area contributed by atoms with Gasteiger partial charge >= 0.3 is 5.97 Å². The highest BCUT2D eigenvalue weighted by molar-refractivity contribution is 6.00. The zero-order valence-corrected chi connectivity index (χ0v) is 14.9. The first-order valence-electron chi connectivity index (χ1n) is 8.55. The normalized spacial score (nSPS) is 13.7. The number of aromatic nitrogens is 4. The van der Waals surface area contributed by atoms with E-state index in [9.17, 15) is 14.4 Å². The standard InChI is InChI=1S/C18H16N6O4/c1-9(18(27)24-17-15-16(20-7-19-15)21-8-22-17)28-14(26)5-10-2-3-11-6-13(25)23-12(11)4-10/h2-4,7-9H,5-6H2,1H3,(H,23,25)(H2,19,20,21,22,24,27). The van der Waals surface area contributed by atoms with E-state index in [0.717, 1.165) is 5.56 Å². The zero-order chi connectivity index (χ0) is 19.7. The van der Waals surface area contributed by atoms with E-state index in [1.807, 2.05) is 0 Å². The highest BCUT2D eigenvalue weighted by atomic mass is 16.5. The summed E-state index contributed by atoms with van der Waals surface area (Å²) in [6.45, 7) is 1.47. The number of nitrogens with zero attached hydrogens (tertiary/aromatic N) is 3. The van der Waals surface area contributed by atoms with E-state index in [2.05, 4.69) is 30.6 Å². The van der Waals surface area contributed by atoms with Gasteiger partial charge < -0.3 is 20.4 Å². The van der Waals surface area contributed by atoms with Crippen LogP contribution < -0.4 is 10.6 Å². The largest absolute Gasteiger partial charge is 0.452 e. The molecule has 0 spiro atoms. The lowest BCUT2D eigenvalue weighted by atomic mass is 10.1. The molecule has 3 heterocycles. The fourth-order valence-corrected chi connectivity index (χ4v) is 2.91. The molecule has 2 amide bonds. The molecule has 0 saturated heterocycles. The molecule has 1 unspecified atom stereocenters. The van der Waals surface area contributed by atoms with Gasteiger partial charge in [-0.3, -0.25) is 14.4 Å². The number of hydrogen-bond donors (Lipinski definition) is 3. The van der Waals surface area contributed by atoms with Crippen LogP contribution >= 0.6 is 0 Å². The summed E-state index contributed by atoms with van der Waals surface area (Å²) < 4.78 is 5.21. The second-order valence-electron chi connectivity index (χ2n) is 6.34. The maximum atomic E-state index is 12.3. The van der Waals surface area contributed by atoms with E-state index in [-0.39, 0.29) is 18.1 Å². The Kier molecular flexibility index (Phi) is 4.44. The summed E-state index contributed by atoms with van der Waals surface area (Å²) in [7, 11) is 0. The molecule has 0 bridgehead atoms. The van der Waals surface area contributed by atoms with Crippen molar-refractivity contribution in [1.82, 2.24) is 19.9 Å². The fourth-order valence-electron chi connectivity index (χ4n) is 2.91. The Labute approximate surface area is 158 Å². The number of anilines is 2. The van der Waals surface area contributed by atoms with Crippen molar-refractivity contribution in [2.45, 2.75) is 25.9 Å². The van der Waals surface area contributed by atoms with Gasteiger partial charge in [0.05, 0.1) is 19.2 Å². The molecule has 10 nitrogen and oxygen atoms in total. The number of ether oxygens (including phenoxy) is 1. The van der Waals surface area contributed by atoms with E-state index in [4.69, 9.17) is 4.74 Å². The lowest BCUT2D eigenvalue weighted by Crippen LogP contribution is -2.30. The summed E-state index contributed by atoms with van der Waals surface area (Å²) in [5, 5.41) is 5.33. The molecule has 1 aromatic carbocycles. The van der Waals surface area contributed by atoms with E-state index in [0.29, 0.717) is 28.8 Å². The number of rotatable bonds is 5. The molecule has 142 valence electrons. The van der Waals surface area contributed by atoms with Crippen LogP contribution in [0, 0.1) is 0 Å². The van der Waals surface area contributed by atoms with Gasteiger partial charge in [-0.1, -0.05) is 12.1 Å². The van der Waals surface area contributed by atoms with Crippen molar-refractivity contribution < 1.29 is 19.1 Å². The molecule has 1 atom stereocenters. The van der Waals surface area contributed by atoms with Crippen LogP contribution in [-0.4, -0.2) is 43.8 Å². The average Bonchev–Trinajstić information content (AvgIpc) is 3.27. The van der Waals surface area contributed by atoms with Gasteiger partial charge in [0.2, 0.25) is 5.91 Å². The summed E-state index contributed by atoms with van der Waals surface area (Å²) >= 11 is 0. The number of benzene rings is 1. The Bertz CT molecular complexity index is 1090. The van der Waals surface area contributed by atoms with Crippen molar-refractivity contribution in [3.63, 3.8) is 0 Å². The Balaban J connectivity index is 1.36. The van der Waals surface area contributed by atoms with E-state index >= 15 is 0 Å². The minimum Gasteiger partial charge on any atom is -0.452 e. The van der Waals surface area contributed by atoms with Crippen LogP contribution in [0.3, 0.4) is 0 Å². The van der Waals surface area contributed by atoms with Gasteiger partial charge in [0, 0.05) is 5.69 Å². The first kappa shape index (κ1) is 17.6. The number of aromatic amines is 1. The third kappa shape index (κ3) is 3.52. The van der Waals surface area contributed by atoms with Crippen molar-refractivity contribution >= 4 is 40.5 Å². The van der Waals surface area contributed by atoms with Crippen LogP contribution in [0.1, 0.15) is 18.1 Å². The monoisotopic (exact) mass is 380 g/mol. The molecule has 0 radical (unpaired) electrons. The minimum absolute atomic E-state index is 0.0148. The van der Waals surface area contributed by atoms with Crippen molar-refractivity contribution in [3.05, 3.63) is 42.0 Å². The minimum atomic E-state index is -1.02. The average molecular weight is 380 g/mol. The van der Waals surface area contributed by atoms with Gasteiger partial charge in [-0.15, -0.1) is 0 Å². The number of fused-ring (bicyclic) bond motifs is 2. The van der Waals surface area contributed by atoms with Crippen molar-refractivity contribution in [1.29, 1.82) is 0 Å². The van der Waals surface area contributed by atoms with Gasteiger partial charge in [-0.05, 0) is 24.1 Å². The van der Waals surface area contributed by atoms with E-state index in [1.54, 1.807) is 18.2 Å². The van der Waals surface area contributed by atoms with Crippen LogP contribution in [0.25, 0.3) is 11.2 Å². The topological polar surface area (TPSA) is 139 Å². The first-order valence-corrected chi connectivity index (χ1v) is 8.55. The van der Waals surface area contributed by atoms with Crippen LogP contribution in [0.15, 0.2) is 30.9 Å². The molecule has 0 aliphatic carbocycles. The summed E-state index contributed by atoms with van der Waals surface area (Å²) in [4.78, 5) is 50.7. The summed E-state index contributed by atoms with van der Waals surface area (Å²) in [6, 6.07) is 5.31. The molecule has 3 aromatic rings. The van der Waals surface area contributed by atoms with Crippen LogP contribution in [0.4, 0.5) is 11.5 Å². The van der Waals surface area contributed by atoms with Crippen molar-refractivity contribution in [2.24, 2.45) is 0 Å². The summed E-state index contributed by atoms with van der Waals surface area (Å²) in [5.41, 5.74) is 3.18. The third-order valence-electron chi connectivity index (χ3n) is 4.29. The molecule has 10 heteroatoms. The Hall–Kier alpha value is -3.82. The predicted octanol–water partition coefficient (Wildman–Crippen LogP) is 0.960. The van der Waals surface area contributed by atoms with Crippen molar-refractivity contribution in [2.75, 3.05) is 10.6 Å². The van der Waals surface area contributed by atoms with Crippen LogP contribution in [-0.2, 0) is 32.0 Å². The molecule has 2 aromatic heterocycles. The van der Waals surface area contributed by atoms with Gasteiger partial charge in [0.25, 0.3) is 5.91 Å². The number of carbonyl (C=O) groups is 3. The smallest absolute Gasteiger partial charge is 0.311 e. The van der Waals surface area contributed by atoms with Gasteiger partial charge in [-0.2, -0.15) is 0 Å². The number of amides is 2. The highest BCUT2D eigenvalue weighted by Crippen LogP contribution is 2.24. The number of nitrogens with one attached hydrogen (secondary N) is 3. The van der Waals surface area contributed by atoms with E-state index in [1.165, 1.54) is 19.6 Å². The van der Waals surface area contributed by atoms with Crippen LogP contribution in [0.2, 0.25) is 0 Å². The van der Waals surface area contributed by atoms with Gasteiger partial charge in [0.1, 0.15) is 11.8 Å². The number of H-pyrrole nitrogens is 1. The maximum absolute atomic E-state index is 12.3. The Morgan fingerprint density at radius 2 is 2.14 bits per heavy atom. The number of hydrogen-bond acceptors (Lipinski definition) is 7. The lowest BCUT2D eigenvalue weighted by molar-refractivity contribution is -0.152. The highest BCUT2D eigenvalue weighted by Gasteiger charge is 2.21. The Morgan fingerprint density at radius 3 is 3.00 bits per heavy atom. The van der Waals surface area contributed by atoms with Gasteiger partial charge in [0.15, 0.2) is 17.6 Å². The number of esters is 1. The summed E-state index contributed by atoms with van der Waals surface area (Å²) in [6.07, 6.45) is 2.03. The number of carbonyl (C=O) groups excluding carboxylic acids is 3. The predicted molar refractivity (Wildman–Crippen MR) is 98.3 cm³/mol. The van der Waals surface area contributed by atoms with Crippen molar-refractivity contribution in [3.8, 4) is 0 Å². The lowest BCUT2D eigenvalue weighted by Gasteiger charge is -2.13. The summed E-state index contributed by atoms with van der Waals surface area (Å²) in [5.74, 6) is -0.897. The second-order valence-corrected chi connectivity index (χ2v) is 6.34. The molecule has 0 fully saturated rings. The first-order chi connectivity index (χ1) is 13.5. The third-order valence-corrected chi connectivity index (χ3v) is 4.29. The Morgan fingerprint density at radius 1 is 1.29 bits per heavy atom. The molecule has 3 N–H and O–H groups in total.